The van der Waals surface area contributed by atoms with Crippen molar-refractivity contribution in [1.29, 1.82) is 0 Å². The zero-order valence-electron chi connectivity index (χ0n) is 17.6. The number of ether oxygens (including phenoxy) is 1. The van der Waals surface area contributed by atoms with Crippen LogP contribution in [0.5, 0.6) is 5.75 Å². The Morgan fingerprint density at radius 3 is 2.58 bits per heavy atom. The molecule has 4 rings (SSSR count). The third kappa shape index (κ3) is 5.20. The van der Waals surface area contributed by atoms with Gasteiger partial charge in [0.05, 0.1) is 16.8 Å². The van der Waals surface area contributed by atoms with Crippen LogP contribution in [0.2, 0.25) is 0 Å². The van der Waals surface area contributed by atoms with E-state index in [1.54, 1.807) is 30.4 Å². The number of allylic oxidation sites excluding steroid dienone is 4. The molecule has 0 N–H and O–H groups in total. The van der Waals surface area contributed by atoms with Gasteiger partial charge in [-0.3, -0.25) is 4.79 Å². The fourth-order valence-corrected chi connectivity index (χ4v) is 3.76. The van der Waals surface area contributed by atoms with Crippen LogP contribution >= 0.6 is 11.6 Å². The van der Waals surface area contributed by atoms with E-state index in [0.29, 0.717) is 23.4 Å². The minimum atomic E-state index is -4.58. The number of hydrogen-bond donors (Lipinski definition) is 0. The van der Waals surface area contributed by atoms with Gasteiger partial charge >= 0.3 is 6.18 Å². The molecule has 1 atom stereocenters. The first kappa shape index (κ1) is 22.9. The quantitative estimate of drug-likeness (QED) is 0.294. The van der Waals surface area contributed by atoms with Crippen molar-refractivity contribution in [1.82, 2.24) is 9.78 Å². The van der Waals surface area contributed by atoms with Crippen LogP contribution in [0.1, 0.15) is 35.1 Å². The molecule has 0 saturated heterocycles. The third-order valence-corrected chi connectivity index (χ3v) is 5.63. The molecule has 1 unspecified atom stereocenters. The number of hydrogen-bond acceptors (Lipinski definition) is 3. The molecule has 0 amide bonds. The van der Waals surface area contributed by atoms with Crippen molar-refractivity contribution in [2.75, 3.05) is 0 Å². The van der Waals surface area contributed by atoms with Gasteiger partial charge in [0.15, 0.2) is 11.5 Å². The Labute approximate surface area is 193 Å². The van der Waals surface area contributed by atoms with Crippen molar-refractivity contribution >= 4 is 23.1 Å². The molecule has 170 valence electrons. The normalized spacial score (nSPS) is 15.9. The van der Waals surface area contributed by atoms with E-state index in [9.17, 15) is 18.0 Å². The first-order valence-electron chi connectivity index (χ1n) is 10.2. The largest absolute Gasteiger partial charge is 0.487 e. The molecule has 0 aliphatic heterocycles. The number of ketones is 1. The van der Waals surface area contributed by atoms with Gasteiger partial charge in [0, 0.05) is 5.56 Å². The lowest BCUT2D eigenvalue weighted by atomic mass is 10.0. The summed E-state index contributed by atoms with van der Waals surface area (Å²) in [5, 5.41) is 3.26. The van der Waals surface area contributed by atoms with Gasteiger partial charge in [-0.1, -0.05) is 42.5 Å². The minimum absolute atomic E-state index is 0.0191. The molecule has 33 heavy (non-hydrogen) atoms. The highest BCUT2D eigenvalue weighted by Gasteiger charge is 2.36. The third-order valence-electron chi connectivity index (χ3n) is 5.23. The molecule has 1 aliphatic carbocycles. The Morgan fingerprint density at radius 1 is 1.15 bits per heavy atom. The first-order valence-corrected chi connectivity index (χ1v) is 10.7. The number of benzene rings is 2. The van der Waals surface area contributed by atoms with Gasteiger partial charge in [0.2, 0.25) is 0 Å². The van der Waals surface area contributed by atoms with Gasteiger partial charge in [0.1, 0.15) is 12.4 Å². The van der Waals surface area contributed by atoms with Crippen LogP contribution in [0.15, 0.2) is 72.8 Å². The lowest BCUT2D eigenvalue weighted by Gasteiger charge is -2.18. The van der Waals surface area contributed by atoms with Crippen molar-refractivity contribution in [2.24, 2.45) is 0 Å². The number of halogens is 4. The van der Waals surface area contributed by atoms with Gasteiger partial charge < -0.3 is 4.74 Å². The summed E-state index contributed by atoms with van der Waals surface area (Å²) >= 11 is 6.31. The van der Waals surface area contributed by atoms with Gasteiger partial charge in [-0.05, 0) is 54.8 Å². The summed E-state index contributed by atoms with van der Waals surface area (Å²) in [4.78, 5) is 11.6. The van der Waals surface area contributed by atoms with Crippen molar-refractivity contribution in [2.45, 2.75) is 31.5 Å². The van der Waals surface area contributed by atoms with E-state index in [1.807, 2.05) is 36.4 Å². The van der Waals surface area contributed by atoms with Gasteiger partial charge in [-0.15, -0.1) is 11.6 Å². The molecule has 0 saturated carbocycles. The van der Waals surface area contributed by atoms with Crippen LogP contribution in [-0.4, -0.2) is 20.9 Å². The lowest BCUT2D eigenvalue weighted by molar-refractivity contribution is -0.141. The molecule has 8 heteroatoms. The smallest absolute Gasteiger partial charge is 0.435 e. The lowest BCUT2D eigenvalue weighted by Crippen LogP contribution is -2.16. The summed E-state index contributed by atoms with van der Waals surface area (Å²) in [6.07, 6.45) is 1.17. The highest BCUT2D eigenvalue weighted by molar-refractivity contribution is 6.25. The number of Topliss-reactive ketones (excluding diaryl/α,β-unsaturated/α-hetero) is 1. The zero-order chi connectivity index (χ0) is 23.6. The fourth-order valence-electron chi connectivity index (χ4n) is 3.50. The second kappa shape index (κ2) is 9.27. The SMILES string of the molecule is CC(=O)c1cccc(-c2ccc(OCc3cc(C(F)(F)F)nn3C3=CC=CCC3Cl)cc2)c1. The molecule has 1 aliphatic rings. The molecule has 4 nitrogen and oxygen atoms in total. The number of carbonyl (C=O) groups is 1. The summed E-state index contributed by atoms with van der Waals surface area (Å²) < 4.78 is 46.8. The molecule has 0 spiro atoms. The average molecular weight is 473 g/mol. The molecule has 2 aromatic carbocycles. The summed E-state index contributed by atoms with van der Waals surface area (Å²) in [5.74, 6) is 0.470. The second-order valence-electron chi connectivity index (χ2n) is 7.60. The van der Waals surface area contributed by atoms with Crippen LogP contribution < -0.4 is 4.74 Å². The Bertz CT molecular complexity index is 1230. The van der Waals surface area contributed by atoms with E-state index in [4.69, 9.17) is 16.3 Å². The Hall–Kier alpha value is -3.32. The van der Waals surface area contributed by atoms with Gasteiger partial charge in [0.25, 0.3) is 0 Å². The predicted molar refractivity (Wildman–Crippen MR) is 121 cm³/mol. The molecule has 0 radical (unpaired) electrons. The summed E-state index contributed by atoms with van der Waals surface area (Å²) in [6.45, 7) is 1.39. The molecular weight excluding hydrogens is 453 g/mol. The van der Waals surface area contributed by atoms with Gasteiger partial charge in [-0.2, -0.15) is 18.3 Å². The maximum atomic E-state index is 13.3. The molecule has 1 heterocycles. The Morgan fingerprint density at radius 2 is 1.91 bits per heavy atom. The Balaban J connectivity index is 1.55. The highest BCUT2D eigenvalue weighted by atomic mass is 35.5. The van der Waals surface area contributed by atoms with E-state index in [-0.39, 0.29) is 18.1 Å². The molecule has 0 bridgehead atoms. The second-order valence-corrected chi connectivity index (χ2v) is 8.13. The van der Waals surface area contributed by atoms with Crippen LogP contribution in [0.4, 0.5) is 13.2 Å². The maximum Gasteiger partial charge on any atom is 0.435 e. The van der Waals surface area contributed by atoms with Crippen molar-refractivity contribution in [3.05, 3.63) is 89.8 Å². The van der Waals surface area contributed by atoms with Crippen LogP contribution in [0.25, 0.3) is 16.8 Å². The number of alkyl halides is 4. The number of rotatable bonds is 6. The minimum Gasteiger partial charge on any atom is -0.487 e. The van der Waals surface area contributed by atoms with Crippen LogP contribution in [0.3, 0.4) is 0 Å². The maximum absolute atomic E-state index is 13.3. The van der Waals surface area contributed by atoms with E-state index < -0.39 is 17.2 Å². The zero-order valence-corrected chi connectivity index (χ0v) is 18.4. The number of carbonyl (C=O) groups excluding carboxylic acids is 1. The fraction of sp³-hybridized carbons (Fsp3) is 0.200. The van der Waals surface area contributed by atoms with Crippen LogP contribution in [-0.2, 0) is 12.8 Å². The standard InChI is InChI=1S/C25H20ClF3N2O2/c1-16(32)18-5-4-6-19(13-18)17-9-11-21(12-10-17)33-15-20-14-24(25(27,28)29)30-31(20)23-8-3-2-7-22(23)26/h2-6,8-14,22H,7,15H2,1H3. The molecular formula is C25H20ClF3N2O2. The van der Waals surface area contributed by atoms with E-state index in [2.05, 4.69) is 5.10 Å². The summed E-state index contributed by atoms with van der Waals surface area (Å²) in [5.41, 5.74) is 2.10. The molecule has 3 aromatic rings. The topological polar surface area (TPSA) is 44.1 Å². The van der Waals surface area contributed by atoms with E-state index in [1.165, 1.54) is 11.6 Å². The number of nitrogens with zero attached hydrogens (tertiary/aromatic N) is 2. The van der Waals surface area contributed by atoms with Crippen LogP contribution in [0, 0.1) is 0 Å². The first-order chi connectivity index (χ1) is 15.7. The van der Waals surface area contributed by atoms with E-state index >= 15 is 0 Å². The summed E-state index contributed by atoms with van der Waals surface area (Å²) in [6, 6.07) is 15.4. The summed E-state index contributed by atoms with van der Waals surface area (Å²) in [7, 11) is 0. The van der Waals surface area contributed by atoms with Crippen molar-refractivity contribution in [3.63, 3.8) is 0 Å². The predicted octanol–water partition coefficient (Wildman–Crippen LogP) is 6.76. The van der Waals surface area contributed by atoms with E-state index in [0.717, 1.165) is 17.2 Å². The average Bonchev–Trinajstić information content (AvgIpc) is 3.23. The highest BCUT2D eigenvalue weighted by Crippen LogP contribution is 2.32. The molecule has 1 aromatic heterocycles. The molecule has 0 fully saturated rings. The monoisotopic (exact) mass is 472 g/mol. The number of aromatic nitrogens is 2. The Kier molecular flexibility index (Phi) is 6.42. The van der Waals surface area contributed by atoms with Crippen molar-refractivity contribution < 1.29 is 22.7 Å². The van der Waals surface area contributed by atoms with Gasteiger partial charge in [-0.25, -0.2) is 4.68 Å². The van der Waals surface area contributed by atoms with Crippen molar-refractivity contribution in [3.8, 4) is 16.9 Å².